The fraction of sp³-hybridized carbons (Fsp3) is 0.130. The Labute approximate surface area is 185 Å². The first kappa shape index (κ1) is 23.0. The highest BCUT2D eigenvalue weighted by Crippen LogP contribution is 2.22. The summed E-state index contributed by atoms with van der Waals surface area (Å²) in [6, 6.07) is 18.0. The predicted octanol–water partition coefficient (Wildman–Crippen LogP) is 3.75. The fourth-order valence-corrected chi connectivity index (χ4v) is 4.04. The van der Waals surface area contributed by atoms with E-state index in [4.69, 9.17) is 4.74 Å². The van der Waals surface area contributed by atoms with Crippen LogP contribution >= 0.6 is 0 Å². The molecule has 1 amide bonds. The third kappa shape index (κ3) is 5.30. The highest BCUT2D eigenvalue weighted by molar-refractivity contribution is 7.92. The molecular weight excluding hydrogens is 435 g/mol. The Morgan fingerprint density at radius 1 is 1.00 bits per heavy atom. The Hall–Kier alpha value is -3.72. The van der Waals surface area contributed by atoms with Gasteiger partial charge in [0.1, 0.15) is 5.82 Å². The molecule has 0 unspecified atom stereocenters. The van der Waals surface area contributed by atoms with E-state index in [1.807, 2.05) is 0 Å². The molecule has 0 bridgehead atoms. The third-order valence-corrected chi connectivity index (χ3v) is 6.42. The second kappa shape index (κ2) is 9.61. The largest absolute Gasteiger partial charge is 0.452 e. The number of carbonyl (C=O) groups is 2. The van der Waals surface area contributed by atoms with E-state index < -0.39 is 34.3 Å². The SMILES string of the molecule is Cc1ccc(NC(=O)COC(=O)c2cccc(S(=O)(=O)N(C)c3ccccc3)c2)cc1F. The summed E-state index contributed by atoms with van der Waals surface area (Å²) in [4.78, 5) is 24.3. The lowest BCUT2D eigenvalue weighted by atomic mass is 10.2. The lowest BCUT2D eigenvalue weighted by molar-refractivity contribution is -0.119. The van der Waals surface area contributed by atoms with Gasteiger partial charge in [-0.15, -0.1) is 0 Å². The highest BCUT2D eigenvalue weighted by Gasteiger charge is 2.23. The highest BCUT2D eigenvalue weighted by atomic mass is 32.2. The third-order valence-electron chi connectivity index (χ3n) is 4.64. The number of esters is 1. The van der Waals surface area contributed by atoms with E-state index in [1.165, 1.54) is 43.4 Å². The minimum Gasteiger partial charge on any atom is -0.452 e. The van der Waals surface area contributed by atoms with Crippen molar-refractivity contribution < 1.29 is 27.1 Å². The van der Waals surface area contributed by atoms with E-state index in [2.05, 4.69) is 5.32 Å². The maximum Gasteiger partial charge on any atom is 0.338 e. The van der Waals surface area contributed by atoms with Crippen LogP contribution in [0.3, 0.4) is 0 Å². The van der Waals surface area contributed by atoms with Crippen LogP contribution in [0.5, 0.6) is 0 Å². The van der Waals surface area contributed by atoms with Crippen LogP contribution in [0.4, 0.5) is 15.8 Å². The number of hydrogen-bond donors (Lipinski definition) is 1. The van der Waals surface area contributed by atoms with Gasteiger partial charge in [0.25, 0.3) is 15.9 Å². The van der Waals surface area contributed by atoms with Crippen LogP contribution in [0.25, 0.3) is 0 Å². The van der Waals surface area contributed by atoms with Gasteiger partial charge in [0.05, 0.1) is 16.1 Å². The number of sulfonamides is 1. The average molecular weight is 456 g/mol. The van der Waals surface area contributed by atoms with Gasteiger partial charge < -0.3 is 10.1 Å². The number of para-hydroxylation sites is 1. The molecule has 0 heterocycles. The standard InChI is InChI=1S/C23H21FN2O5S/c1-16-11-12-18(14-21(16)24)25-22(27)15-31-23(28)17-7-6-10-20(13-17)32(29,30)26(2)19-8-4-3-5-9-19/h3-14H,15H2,1-2H3,(H,25,27). The van der Waals surface area contributed by atoms with Crippen molar-refractivity contribution in [3.63, 3.8) is 0 Å². The topological polar surface area (TPSA) is 92.8 Å². The van der Waals surface area contributed by atoms with Crippen molar-refractivity contribution in [2.24, 2.45) is 0 Å². The average Bonchev–Trinajstić information content (AvgIpc) is 2.80. The Morgan fingerprint density at radius 2 is 1.72 bits per heavy atom. The molecule has 3 aromatic rings. The monoisotopic (exact) mass is 456 g/mol. The number of rotatable bonds is 7. The van der Waals surface area contributed by atoms with Gasteiger partial charge in [0.2, 0.25) is 0 Å². The van der Waals surface area contributed by atoms with Crippen LogP contribution < -0.4 is 9.62 Å². The molecule has 0 aromatic heterocycles. The number of ether oxygens (including phenoxy) is 1. The van der Waals surface area contributed by atoms with Crippen molar-refractivity contribution in [2.45, 2.75) is 11.8 Å². The normalized spacial score (nSPS) is 11.0. The lowest BCUT2D eigenvalue weighted by Crippen LogP contribution is -2.26. The number of nitrogens with one attached hydrogen (secondary N) is 1. The van der Waals surface area contributed by atoms with Crippen LogP contribution in [0.15, 0.2) is 77.7 Å². The molecule has 3 aromatic carbocycles. The number of anilines is 2. The molecule has 0 aliphatic rings. The number of amides is 1. The van der Waals surface area contributed by atoms with E-state index >= 15 is 0 Å². The van der Waals surface area contributed by atoms with Gasteiger partial charge in [-0.2, -0.15) is 0 Å². The van der Waals surface area contributed by atoms with Crippen LogP contribution in [0.1, 0.15) is 15.9 Å². The molecule has 0 aliphatic carbocycles. The molecule has 0 fully saturated rings. The van der Waals surface area contributed by atoms with Gasteiger partial charge in [0.15, 0.2) is 6.61 Å². The van der Waals surface area contributed by atoms with Crippen LogP contribution in [0.2, 0.25) is 0 Å². The summed E-state index contributed by atoms with van der Waals surface area (Å²) >= 11 is 0. The second-order valence-corrected chi connectivity index (χ2v) is 8.89. The summed E-state index contributed by atoms with van der Waals surface area (Å²) in [5.41, 5.74) is 1.10. The Balaban J connectivity index is 1.67. The first-order chi connectivity index (χ1) is 15.2. The molecule has 1 N–H and O–H groups in total. The number of hydrogen-bond acceptors (Lipinski definition) is 5. The molecule has 3 rings (SSSR count). The molecule has 0 spiro atoms. The molecular formula is C23H21FN2O5S. The number of carbonyl (C=O) groups excluding carboxylic acids is 2. The molecule has 0 saturated heterocycles. The molecule has 0 radical (unpaired) electrons. The zero-order chi connectivity index (χ0) is 23.3. The summed E-state index contributed by atoms with van der Waals surface area (Å²) in [5.74, 6) is -2.00. The minimum atomic E-state index is -3.92. The van der Waals surface area contributed by atoms with Crippen molar-refractivity contribution in [1.82, 2.24) is 0 Å². The first-order valence-corrected chi connectivity index (χ1v) is 11.0. The summed E-state index contributed by atoms with van der Waals surface area (Å²) in [5, 5.41) is 2.43. The molecule has 0 atom stereocenters. The van der Waals surface area contributed by atoms with Gasteiger partial charge in [-0.1, -0.05) is 30.3 Å². The molecule has 0 aliphatic heterocycles. The maximum atomic E-state index is 13.6. The number of nitrogens with zero attached hydrogens (tertiary/aromatic N) is 1. The molecule has 7 nitrogen and oxygen atoms in total. The van der Waals surface area contributed by atoms with Crippen LogP contribution in [-0.2, 0) is 19.6 Å². The minimum absolute atomic E-state index is 0.0262. The molecule has 166 valence electrons. The summed E-state index contributed by atoms with van der Waals surface area (Å²) in [6.07, 6.45) is 0. The zero-order valence-electron chi connectivity index (χ0n) is 17.4. The van der Waals surface area contributed by atoms with E-state index in [9.17, 15) is 22.4 Å². The number of benzene rings is 3. The van der Waals surface area contributed by atoms with E-state index in [0.29, 0.717) is 11.3 Å². The van der Waals surface area contributed by atoms with Crippen molar-refractivity contribution in [3.8, 4) is 0 Å². The van der Waals surface area contributed by atoms with Crippen molar-refractivity contribution >= 4 is 33.3 Å². The van der Waals surface area contributed by atoms with E-state index in [1.54, 1.807) is 37.3 Å². The van der Waals surface area contributed by atoms with Crippen molar-refractivity contribution in [3.05, 3.63) is 89.7 Å². The van der Waals surface area contributed by atoms with E-state index in [0.717, 1.165) is 10.4 Å². The number of aryl methyl sites for hydroxylation is 1. The summed E-state index contributed by atoms with van der Waals surface area (Å²) < 4.78 is 45.5. The Kier molecular flexibility index (Phi) is 6.89. The maximum absolute atomic E-state index is 13.6. The number of halogens is 1. The van der Waals surface area contributed by atoms with Gasteiger partial charge in [-0.05, 0) is 55.0 Å². The predicted molar refractivity (Wildman–Crippen MR) is 119 cm³/mol. The fourth-order valence-electron chi connectivity index (χ4n) is 2.80. The lowest BCUT2D eigenvalue weighted by Gasteiger charge is -2.19. The van der Waals surface area contributed by atoms with Gasteiger partial charge in [0, 0.05) is 12.7 Å². The van der Waals surface area contributed by atoms with Crippen LogP contribution in [-0.4, -0.2) is 33.9 Å². The van der Waals surface area contributed by atoms with Crippen molar-refractivity contribution in [1.29, 1.82) is 0 Å². The smallest absolute Gasteiger partial charge is 0.338 e. The quantitative estimate of drug-likeness (QED) is 0.547. The summed E-state index contributed by atoms with van der Waals surface area (Å²) in [6.45, 7) is 0.976. The zero-order valence-corrected chi connectivity index (χ0v) is 18.2. The molecule has 32 heavy (non-hydrogen) atoms. The Morgan fingerprint density at radius 3 is 2.41 bits per heavy atom. The first-order valence-electron chi connectivity index (χ1n) is 9.55. The van der Waals surface area contributed by atoms with E-state index in [-0.39, 0.29) is 16.1 Å². The molecule has 0 saturated carbocycles. The molecule has 9 heteroatoms. The van der Waals surface area contributed by atoms with Gasteiger partial charge in [-0.3, -0.25) is 9.10 Å². The van der Waals surface area contributed by atoms with Gasteiger partial charge in [-0.25, -0.2) is 17.6 Å². The van der Waals surface area contributed by atoms with Gasteiger partial charge >= 0.3 is 5.97 Å². The van der Waals surface area contributed by atoms with Crippen molar-refractivity contribution in [2.75, 3.05) is 23.3 Å². The van der Waals surface area contributed by atoms with Crippen LogP contribution in [0, 0.1) is 12.7 Å². The Bertz CT molecular complexity index is 1250. The second-order valence-electron chi connectivity index (χ2n) is 6.92. The summed E-state index contributed by atoms with van der Waals surface area (Å²) in [7, 11) is -2.51.